The SMILES string of the molecule is O=C(O)c1coc(-c2csc(-c3ccc(Br)o3)n2)c1. The maximum absolute atomic E-state index is 10.8. The molecule has 0 aliphatic carbocycles. The molecule has 0 saturated heterocycles. The number of thiazole rings is 1. The highest BCUT2D eigenvalue weighted by atomic mass is 79.9. The minimum Gasteiger partial charge on any atom is -0.478 e. The lowest BCUT2D eigenvalue weighted by molar-refractivity contribution is 0.0696. The summed E-state index contributed by atoms with van der Waals surface area (Å²) in [5.74, 6) is 0.0408. The Morgan fingerprint density at radius 3 is 2.84 bits per heavy atom. The van der Waals surface area contributed by atoms with Gasteiger partial charge in [-0.3, -0.25) is 0 Å². The second-order valence-electron chi connectivity index (χ2n) is 3.65. The highest BCUT2D eigenvalue weighted by Crippen LogP contribution is 2.31. The van der Waals surface area contributed by atoms with Gasteiger partial charge in [0.25, 0.3) is 0 Å². The van der Waals surface area contributed by atoms with Crippen molar-refractivity contribution < 1.29 is 18.7 Å². The number of aromatic nitrogens is 1. The molecule has 3 aromatic heterocycles. The summed E-state index contributed by atoms with van der Waals surface area (Å²) < 4.78 is 11.2. The minimum absolute atomic E-state index is 0.102. The standard InChI is InChI=1S/C12H6BrNO4S/c13-10-2-1-8(18-10)11-14-7(5-19-11)9-3-6(4-17-9)12(15)16/h1-5H,(H,15,16). The maximum Gasteiger partial charge on any atom is 0.338 e. The van der Waals surface area contributed by atoms with E-state index in [4.69, 9.17) is 13.9 Å². The van der Waals surface area contributed by atoms with E-state index < -0.39 is 5.97 Å². The van der Waals surface area contributed by atoms with E-state index in [-0.39, 0.29) is 5.56 Å². The van der Waals surface area contributed by atoms with E-state index in [0.29, 0.717) is 26.9 Å². The number of aromatic carboxylic acids is 1. The fraction of sp³-hybridized carbons (Fsp3) is 0. The molecule has 0 saturated carbocycles. The summed E-state index contributed by atoms with van der Waals surface area (Å²) in [7, 11) is 0. The number of carboxylic acids is 1. The van der Waals surface area contributed by atoms with Gasteiger partial charge in [-0.15, -0.1) is 11.3 Å². The molecule has 3 aromatic rings. The Morgan fingerprint density at radius 2 is 2.21 bits per heavy atom. The molecule has 0 fully saturated rings. The number of nitrogens with zero attached hydrogens (tertiary/aromatic N) is 1. The summed E-state index contributed by atoms with van der Waals surface area (Å²) in [4.78, 5) is 15.1. The fourth-order valence-corrected chi connectivity index (χ4v) is 2.59. The van der Waals surface area contributed by atoms with Crippen LogP contribution < -0.4 is 0 Å². The molecule has 3 heterocycles. The summed E-state index contributed by atoms with van der Waals surface area (Å²) in [5, 5.41) is 11.3. The van der Waals surface area contributed by atoms with Crippen LogP contribution in [0.5, 0.6) is 0 Å². The molecule has 0 amide bonds. The molecule has 0 radical (unpaired) electrons. The lowest BCUT2D eigenvalue weighted by atomic mass is 10.3. The van der Waals surface area contributed by atoms with Crippen LogP contribution in [0.25, 0.3) is 22.2 Å². The van der Waals surface area contributed by atoms with Crippen molar-refractivity contribution in [3.63, 3.8) is 0 Å². The van der Waals surface area contributed by atoms with Gasteiger partial charge in [-0.1, -0.05) is 0 Å². The van der Waals surface area contributed by atoms with E-state index in [2.05, 4.69) is 20.9 Å². The van der Waals surface area contributed by atoms with Crippen molar-refractivity contribution in [2.45, 2.75) is 0 Å². The topological polar surface area (TPSA) is 76.5 Å². The number of halogens is 1. The van der Waals surface area contributed by atoms with Crippen molar-refractivity contribution in [1.29, 1.82) is 0 Å². The third kappa shape index (κ3) is 2.34. The zero-order chi connectivity index (χ0) is 13.4. The number of carboxylic acid groups (broad SMARTS) is 1. The predicted octanol–water partition coefficient (Wildman–Crippen LogP) is 4.12. The van der Waals surface area contributed by atoms with Gasteiger partial charge < -0.3 is 13.9 Å². The van der Waals surface area contributed by atoms with Crippen molar-refractivity contribution in [3.8, 4) is 22.2 Å². The van der Waals surface area contributed by atoms with Crippen LogP contribution in [0.4, 0.5) is 0 Å². The lowest BCUT2D eigenvalue weighted by Crippen LogP contribution is -1.91. The van der Waals surface area contributed by atoms with Crippen molar-refractivity contribution in [1.82, 2.24) is 4.98 Å². The molecule has 5 nitrogen and oxygen atoms in total. The lowest BCUT2D eigenvalue weighted by Gasteiger charge is -1.88. The minimum atomic E-state index is -1.03. The van der Waals surface area contributed by atoms with Crippen LogP contribution in [0, 0.1) is 0 Å². The third-order valence-electron chi connectivity index (χ3n) is 2.39. The van der Waals surface area contributed by atoms with Gasteiger partial charge in [-0.25, -0.2) is 9.78 Å². The maximum atomic E-state index is 10.8. The zero-order valence-corrected chi connectivity index (χ0v) is 11.7. The molecular formula is C12H6BrNO4S. The van der Waals surface area contributed by atoms with Crippen molar-refractivity contribution in [2.75, 3.05) is 0 Å². The molecule has 3 rings (SSSR count). The highest BCUT2D eigenvalue weighted by Gasteiger charge is 2.14. The average Bonchev–Trinajstić information content (AvgIpc) is 3.07. The molecule has 7 heteroatoms. The second-order valence-corrected chi connectivity index (χ2v) is 5.29. The van der Waals surface area contributed by atoms with Gasteiger partial charge in [-0.05, 0) is 28.1 Å². The van der Waals surface area contributed by atoms with Crippen LogP contribution in [0.2, 0.25) is 0 Å². The molecule has 0 unspecified atom stereocenters. The molecule has 0 aliphatic heterocycles. The van der Waals surface area contributed by atoms with Crippen LogP contribution in [0.3, 0.4) is 0 Å². The number of carbonyl (C=O) groups is 1. The third-order valence-corrected chi connectivity index (χ3v) is 3.67. The molecule has 0 aromatic carbocycles. The first-order valence-corrected chi connectivity index (χ1v) is 6.84. The predicted molar refractivity (Wildman–Crippen MR) is 72.2 cm³/mol. The zero-order valence-electron chi connectivity index (χ0n) is 9.29. The largest absolute Gasteiger partial charge is 0.478 e. The van der Waals surface area contributed by atoms with E-state index >= 15 is 0 Å². The van der Waals surface area contributed by atoms with E-state index in [1.165, 1.54) is 23.7 Å². The Bertz CT molecular complexity index is 742. The summed E-state index contributed by atoms with van der Waals surface area (Å²) >= 11 is 4.62. The van der Waals surface area contributed by atoms with Crippen LogP contribution in [0.15, 0.2) is 43.3 Å². The Labute approximate surface area is 119 Å². The Morgan fingerprint density at radius 1 is 1.37 bits per heavy atom. The molecule has 0 bridgehead atoms. The molecule has 0 atom stereocenters. The van der Waals surface area contributed by atoms with Gasteiger partial charge in [0.15, 0.2) is 21.2 Å². The van der Waals surface area contributed by atoms with Gasteiger partial charge in [-0.2, -0.15) is 0 Å². The molecule has 0 spiro atoms. The monoisotopic (exact) mass is 339 g/mol. The molecule has 19 heavy (non-hydrogen) atoms. The molecular weight excluding hydrogens is 334 g/mol. The Hall–Kier alpha value is -1.86. The van der Waals surface area contributed by atoms with E-state index in [9.17, 15) is 4.79 Å². The number of rotatable bonds is 3. The summed E-state index contributed by atoms with van der Waals surface area (Å²) in [6.45, 7) is 0. The molecule has 0 aliphatic rings. The van der Waals surface area contributed by atoms with Gasteiger partial charge in [0, 0.05) is 11.4 Å². The Kier molecular flexibility index (Phi) is 3.00. The van der Waals surface area contributed by atoms with Gasteiger partial charge >= 0.3 is 5.97 Å². The summed E-state index contributed by atoms with van der Waals surface area (Å²) in [6.07, 6.45) is 1.19. The smallest absolute Gasteiger partial charge is 0.338 e. The average molecular weight is 340 g/mol. The first-order valence-electron chi connectivity index (χ1n) is 5.17. The van der Waals surface area contributed by atoms with Gasteiger partial charge in [0.1, 0.15) is 12.0 Å². The first-order chi connectivity index (χ1) is 9.13. The normalized spacial score (nSPS) is 10.8. The summed E-state index contributed by atoms with van der Waals surface area (Å²) in [6, 6.07) is 5.03. The quantitative estimate of drug-likeness (QED) is 0.776. The number of furan rings is 2. The van der Waals surface area contributed by atoms with Gasteiger partial charge in [0.05, 0.1) is 5.56 Å². The second kappa shape index (κ2) is 4.67. The van der Waals surface area contributed by atoms with Crippen molar-refractivity contribution in [3.05, 3.63) is 40.1 Å². The van der Waals surface area contributed by atoms with Crippen LogP contribution in [-0.4, -0.2) is 16.1 Å². The fourth-order valence-electron chi connectivity index (χ4n) is 1.51. The van der Waals surface area contributed by atoms with Crippen LogP contribution in [0.1, 0.15) is 10.4 Å². The van der Waals surface area contributed by atoms with E-state index in [1.54, 1.807) is 17.5 Å². The number of hydrogen-bond donors (Lipinski definition) is 1. The van der Waals surface area contributed by atoms with Gasteiger partial charge in [0.2, 0.25) is 0 Å². The molecule has 1 N–H and O–H groups in total. The van der Waals surface area contributed by atoms with Crippen LogP contribution in [-0.2, 0) is 0 Å². The van der Waals surface area contributed by atoms with E-state index in [0.717, 1.165) is 0 Å². The number of hydrogen-bond acceptors (Lipinski definition) is 5. The highest BCUT2D eigenvalue weighted by molar-refractivity contribution is 9.10. The summed E-state index contributed by atoms with van der Waals surface area (Å²) in [5.41, 5.74) is 0.685. The molecule has 96 valence electrons. The van der Waals surface area contributed by atoms with Crippen molar-refractivity contribution in [2.24, 2.45) is 0 Å². The first kappa shape index (κ1) is 12.2. The van der Waals surface area contributed by atoms with E-state index in [1.807, 2.05) is 0 Å². The van der Waals surface area contributed by atoms with Crippen molar-refractivity contribution >= 4 is 33.2 Å². The Balaban J connectivity index is 1.94. The van der Waals surface area contributed by atoms with Crippen LogP contribution >= 0.6 is 27.3 Å².